The number of phenols is 1. The number of alkyl carbamates (subject to hydrolysis) is 1. The number of benzene rings is 2. The number of nitrogens with zero attached hydrogens (tertiary/aromatic N) is 1. The van der Waals surface area contributed by atoms with Crippen LogP contribution in [0.25, 0.3) is 0 Å². The quantitative estimate of drug-likeness (QED) is 0.525. The fourth-order valence-electron chi connectivity index (χ4n) is 5.53. The Hall–Kier alpha value is -3.72. The van der Waals surface area contributed by atoms with Crippen molar-refractivity contribution in [2.75, 3.05) is 20.7 Å². The van der Waals surface area contributed by atoms with E-state index in [9.17, 15) is 19.8 Å². The Morgan fingerprint density at radius 2 is 2.03 bits per heavy atom. The average molecular weight is 495 g/mol. The molecule has 2 aromatic rings. The second-order valence-corrected chi connectivity index (χ2v) is 9.71. The molecule has 9 nitrogen and oxygen atoms in total. The summed E-state index contributed by atoms with van der Waals surface area (Å²) in [6.45, 7) is 1.71. The molecule has 36 heavy (non-hydrogen) atoms. The van der Waals surface area contributed by atoms with E-state index in [-0.39, 0.29) is 23.7 Å². The van der Waals surface area contributed by atoms with Crippen LogP contribution in [0, 0.1) is 0 Å². The van der Waals surface area contributed by atoms with Gasteiger partial charge in [-0.25, -0.2) is 9.59 Å². The van der Waals surface area contributed by atoms with Gasteiger partial charge in [-0.15, -0.1) is 0 Å². The van der Waals surface area contributed by atoms with Crippen LogP contribution in [0.15, 0.2) is 48.6 Å². The van der Waals surface area contributed by atoms with Crippen molar-refractivity contribution in [2.45, 2.75) is 49.5 Å². The monoisotopic (exact) mass is 494 g/mol. The number of hydrogen-bond acceptors (Lipinski definition) is 7. The highest BCUT2D eigenvalue weighted by Crippen LogP contribution is 2.55. The lowest BCUT2D eigenvalue weighted by Crippen LogP contribution is -2.46. The van der Waals surface area contributed by atoms with Crippen LogP contribution < -0.4 is 14.8 Å². The third-order valence-corrected chi connectivity index (χ3v) is 7.35. The lowest BCUT2D eigenvalue weighted by molar-refractivity contribution is -0.139. The first-order valence-electron chi connectivity index (χ1n) is 12.0. The molecule has 3 N–H and O–H groups in total. The highest BCUT2D eigenvalue weighted by Gasteiger charge is 2.53. The maximum Gasteiger partial charge on any atom is 0.408 e. The van der Waals surface area contributed by atoms with Crippen molar-refractivity contribution in [2.24, 2.45) is 0 Å². The molecule has 2 aromatic carbocycles. The third-order valence-electron chi connectivity index (χ3n) is 7.35. The number of rotatable bonds is 6. The summed E-state index contributed by atoms with van der Waals surface area (Å²) in [7, 11) is 3.73. The van der Waals surface area contributed by atoms with Crippen molar-refractivity contribution in [1.82, 2.24) is 10.2 Å². The third kappa shape index (κ3) is 4.35. The largest absolute Gasteiger partial charge is 0.508 e. The van der Waals surface area contributed by atoms with Gasteiger partial charge in [-0.1, -0.05) is 24.3 Å². The second kappa shape index (κ2) is 9.39. The van der Waals surface area contributed by atoms with Gasteiger partial charge < -0.3 is 34.6 Å². The molecule has 2 aliphatic heterocycles. The number of aliphatic carboxylic acids is 1. The van der Waals surface area contributed by atoms with Gasteiger partial charge in [0, 0.05) is 24.9 Å². The van der Waals surface area contributed by atoms with Gasteiger partial charge in [-0.2, -0.15) is 0 Å². The lowest BCUT2D eigenvalue weighted by atomic mass is 9.69. The van der Waals surface area contributed by atoms with E-state index < -0.39 is 24.2 Å². The predicted molar refractivity (Wildman–Crippen MR) is 130 cm³/mol. The van der Waals surface area contributed by atoms with Crippen LogP contribution in [0.4, 0.5) is 4.79 Å². The molecule has 1 aliphatic carbocycles. The summed E-state index contributed by atoms with van der Waals surface area (Å²) < 4.78 is 17.6. The Morgan fingerprint density at radius 3 is 2.75 bits per heavy atom. The van der Waals surface area contributed by atoms with Gasteiger partial charge in [-0.3, -0.25) is 0 Å². The smallest absolute Gasteiger partial charge is 0.408 e. The zero-order chi connectivity index (χ0) is 25.4. The molecule has 0 unspecified atom stereocenters. The molecule has 3 aliphatic rings. The molecule has 0 bridgehead atoms. The summed E-state index contributed by atoms with van der Waals surface area (Å²) in [5.74, 6) is 0.357. The molecule has 0 saturated heterocycles. The highest BCUT2D eigenvalue weighted by molar-refractivity contribution is 5.80. The van der Waals surface area contributed by atoms with Gasteiger partial charge in [-0.05, 0) is 55.4 Å². The van der Waals surface area contributed by atoms with Crippen molar-refractivity contribution in [3.63, 3.8) is 0 Å². The SMILES string of the molecule is COc1ccc2c3c1O[C@H]1C[C@@H](OC(=O)N[C@@H](Cc4ccc(O)cc4)C(=O)O)C=C[C@@]31CCN(C)C2. The van der Waals surface area contributed by atoms with Gasteiger partial charge in [0.05, 0.1) is 12.5 Å². The van der Waals surface area contributed by atoms with E-state index >= 15 is 0 Å². The maximum atomic E-state index is 12.7. The van der Waals surface area contributed by atoms with Gasteiger partial charge >= 0.3 is 12.1 Å². The number of hydrogen-bond donors (Lipinski definition) is 3. The van der Waals surface area contributed by atoms with E-state index in [2.05, 4.69) is 29.4 Å². The van der Waals surface area contributed by atoms with Gasteiger partial charge in [0.25, 0.3) is 0 Å². The molecule has 0 fully saturated rings. The number of phenolic OH excluding ortho intramolecular Hbond substituents is 1. The molecule has 0 aromatic heterocycles. The standard InChI is InChI=1S/C27H30N2O7/c1-29-12-11-27-10-9-19(14-22(27)36-24-21(34-2)8-5-17(15-29)23(24)27)35-26(33)28-20(25(31)32)13-16-3-6-18(30)7-4-16/h3-10,19-20,22,30H,11-15H2,1-2H3,(H,28,33)(H,31,32)/t19-,20-,22-,27-/m0/s1. The van der Waals surface area contributed by atoms with Crippen molar-refractivity contribution in [1.29, 1.82) is 0 Å². The van der Waals surface area contributed by atoms with E-state index in [0.717, 1.165) is 30.8 Å². The summed E-state index contributed by atoms with van der Waals surface area (Å²) in [6.07, 6.45) is 3.76. The second-order valence-electron chi connectivity index (χ2n) is 9.71. The van der Waals surface area contributed by atoms with Crippen LogP contribution in [-0.2, 0) is 27.9 Å². The summed E-state index contributed by atoms with van der Waals surface area (Å²) in [4.78, 5) is 26.7. The predicted octanol–water partition coefficient (Wildman–Crippen LogP) is 2.99. The first-order chi connectivity index (χ1) is 17.3. The Bertz CT molecular complexity index is 1200. The van der Waals surface area contributed by atoms with Crippen LogP contribution in [-0.4, -0.2) is 66.1 Å². The molecule has 4 atom stereocenters. The average Bonchev–Trinajstić information content (AvgIpc) is 3.11. The first-order valence-corrected chi connectivity index (χ1v) is 12.0. The minimum atomic E-state index is -1.17. The first kappa shape index (κ1) is 24.0. The molecule has 2 heterocycles. The number of aromatic hydroxyl groups is 1. The maximum absolute atomic E-state index is 12.7. The van der Waals surface area contributed by atoms with E-state index in [1.165, 1.54) is 17.7 Å². The van der Waals surface area contributed by atoms with Crippen molar-refractivity contribution in [3.05, 3.63) is 65.2 Å². The number of methoxy groups -OCH3 is 1. The molecule has 0 saturated carbocycles. The number of carbonyl (C=O) groups excluding carboxylic acids is 1. The van der Waals surface area contributed by atoms with Crippen LogP contribution in [0.5, 0.6) is 17.2 Å². The zero-order valence-corrected chi connectivity index (χ0v) is 20.3. The highest BCUT2D eigenvalue weighted by atomic mass is 16.6. The van der Waals surface area contributed by atoms with Crippen molar-refractivity contribution < 1.29 is 34.0 Å². The number of carbonyl (C=O) groups is 2. The summed E-state index contributed by atoms with van der Waals surface area (Å²) in [6, 6.07) is 9.03. The Morgan fingerprint density at radius 1 is 1.25 bits per heavy atom. The minimum absolute atomic E-state index is 0.0610. The Kier molecular flexibility index (Phi) is 6.26. The molecule has 5 rings (SSSR count). The fraction of sp³-hybridized carbons (Fsp3) is 0.407. The summed E-state index contributed by atoms with van der Waals surface area (Å²) in [5.41, 5.74) is 2.69. The van der Waals surface area contributed by atoms with E-state index in [4.69, 9.17) is 14.2 Å². The Labute approximate surface area is 209 Å². The van der Waals surface area contributed by atoms with Crippen molar-refractivity contribution >= 4 is 12.1 Å². The Balaban J connectivity index is 1.31. The number of carboxylic acids is 1. The number of amides is 1. The molecule has 0 radical (unpaired) electrons. The molecule has 9 heteroatoms. The van der Waals surface area contributed by atoms with Crippen LogP contribution >= 0.6 is 0 Å². The molecule has 190 valence electrons. The van der Waals surface area contributed by atoms with Crippen LogP contribution in [0.2, 0.25) is 0 Å². The topological polar surface area (TPSA) is 118 Å². The lowest BCUT2D eigenvalue weighted by Gasteiger charge is -2.36. The van der Waals surface area contributed by atoms with E-state index in [0.29, 0.717) is 17.7 Å². The molecular weight excluding hydrogens is 464 g/mol. The minimum Gasteiger partial charge on any atom is -0.508 e. The molecule has 1 amide bonds. The van der Waals surface area contributed by atoms with Gasteiger partial charge in [0.15, 0.2) is 11.5 Å². The van der Waals surface area contributed by atoms with E-state index in [1.54, 1.807) is 19.2 Å². The number of carboxylic acid groups (broad SMARTS) is 1. The molecule has 1 spiro atoms. The van der Waals surface area contributed by atoms with Gasteiger partial charge in [0.1, 0.15) is 24.0 Å². The number of nitrogens with one attached hydrogen (secondary N) is 1. The van der Waals surface area contributed by atoms with Crippen LogP contribution in [0.1, 0.15) is 29.5 Å². The van der Waals surface area contributed by atoms with Crippen LogP contribution in [0.3, 0.4) is 0 Å². The zero-order valence-electron chi connectivity index (χ0n) is 20.3. The normalized spacial score (nSPS) is 25.1. The summed E-state index contributed by atoms with van der Waals surface area (Å²) in [5, 5.41) is 21.5. The van der Waals surface area contributed by atoms with Crippen molar-refractivity contribution in [3.8, 4) is 17.2 Å². The number of ether oxygens (including phenoxy) is 3. The summed E-state index contributed by atoms with van der Waals surface area (Å²) >= 11 is 0. The van der Waals surface area contributed by atoms with Gasteiger partial charge in [0.2, 0.25) is 0 Å². The molecular formula is C27H30N2O7. The fourth-order valence-corrected chi connectivity index (χ4v) is 5.53. The van der Waals surface area contributed by atoms with E-state index in [1.807, 2.05) is 12.1 Å².